The molecule has 27 heavy (non-hydrogen) atoms. The molecule has 0 unspecified atom stereocenters. The summed E-state index contributed by atoms with van der Waals surface area (Å²) in [6.45, 7) is 0.947. The van der Waals surface area contributed by atoms with E-state index >= 15 is 0 Å². The number of rotatable bonds is 6. The Morgan fingerprint density at radius 2 is 2.04 bits per heavy atom. The van der Waals surface area contributed by atoms with E-state index in [1.807, 2.05) is 11.9 Å². The highest BCUT2D eigenvalue weighted by Crippen LogP contribution is 2.35. The third kappa shape index (κ3) is 4.63. The van der Waals surface area contributed by atoms with Crippen LogP contribution in [0.5, 0.6) is 11.8 Å². The topological polar surface area (TPSA) is 63.7 Å². The Hall–Kier alpha value is -2.03. The number of methoxy groups -OCH3 is 1. The molecule has 150 valence electrons. The van der Waals surface area contributed by atoms with Gasteiger partial charge in [-0.2, -0.15) is 4.98 Å². The van der Waals surface area contributed by atoms with Crippen LogP contribution in [0.25, 0.3) is 0 Å². The average Bonchev–Trinajstić information content (AvgIpc) is 2.62. The lowest BCUT2D eigenvalue weighted by Crippen LogP contribution is -2.53. The van der Waals surface area contributed by atoms with Crippen LogP contribution < -0.4 is 14.8 Å². The zero-order valence-corrected chi connectivity index (χ0v) is 15.4. The maximum absolute atomic E-state index is 14.4. The molecular weight excluding hydrogens is 363 g/mol. The molecule has 0 bridgehead atoms. The number of halogens is 3. The molecule has 6 nitrogen and oxygen atoms in total. The van der Waals surface area contributed by atoms with E-state index in [1.54, 1.807) is 0 Å². The predicted octanol–water partition coefficient (Wildman–Crippen LogP) is 2.51. The van der Waals surface area contributed by atoms with Gasteiger partial charge in [-0.3, -0.25) is 9.69 Å². The molecule has 1 atom stereocenters. The molecule has 1 saturated heterocycles. The second-order valence-electron chi connectivity index (χ2n) is 7.12. The quantitative estimate of drug-likeness (QED) is 0.813. The van der Waals surface area contributed by atoms with Crippen molar-refractivity contribution in [2.24, 2.45) is 0 Å². The number of nitrogens with zero attached hydrogens (tertiary/aromatic N) is 2. The highest BCUT2D eigenvalue weighted by Gasteiger charge is 2.36. The Kier molecular flexibility index (Phi) is 5.78. The van der Waals surface area contributed by atoms with E-state index in [1.165, 1.54) is 13.2 Å². The summed E-state index contributed by atoms with van der Waals surface area (Å²) in [5.41, 5.74) is 0.382. The van der Waals surface area contributed by atoms with Crippen molar-refractivity contribution in [3.05, 3.63) is 17.4 Å². The number of hydrogen-bond acceptors (Lipinski definition) is 5. The number of pyridine rings is 1. The number of hydrogen-bond donors (Lipinski definition) is 1. The third-order valence-corrected chi connectivity index (χ3v) is 5.16. The molecule has 1 aliphatic carbocycles. The van der Waals surface area contributed by atoms with Gasteiger partial charge in [0.15, 0.2) is 5.82 Å². The monoisotopic (exact) mass is 387 g/mol. The Labute approximate surface area is 156 Å². The number of likely N-dealkylation sites (N-methyl/N-ethyl adjacent to an activating group) is 1. The van der Waals surface area contributed by atoms with E-state index in [2.05, 4.69) is 10.3 Å². The zero-order chi connectivity index (χ0) is 19.6. The molecule has 1 aromatic heterocycles. The minimum absolute atomic E-state index is 0.0756. The van der Waals surface area contributed by atoms with Gasteiger partial charge in [0.1, 0.15) is 6.10 Å². The number of carbonyl (C=O) groups is 1. The molecule has 2 fully saturated rings. The second-order valence-corrected chi connectivity index (χ2v) is 7.12. The zero-order valence-electron chi connectivity index (χ0n) is 15.4. The van der Waals surface area contributed by atoms with Gasteiger partial charge in [0.2, 0.25) is 17.7 Å². The summed E-state index contributed by atoms with van der Waals surface area (Å²) >= 11 is 0. The highest BCUT2D eigenvalue weighted by molar-refractivity contribution is 5.82. The Morgan fingerprint density at radius 3 is 2.59 bits per heavy atom. The molecule has 1 saturated carbocycles. The first-order chi connectivity index (χ1) is 12.8. The van der Waals surface area contributed by atoms with Crippen molar-refractivity contribution in [3.8, 4) is 11.8 Å². The van der Waals surface area contributed by atoms with Crippen molar-refractivity contribution in [3.63, 3.8) is 0 Å². The molecule has 1 aliphatic heterocycles. The van der Waals surface area contributed by atoms with Crippen LogP contribution >= 0.6 is 0 Å². The van der Waals surface area contributed by atoms with Gasteiger partial charge in [-0.15, -0.1) is 0 Å². The number of carbonyl (C=O) groups excluding carboxylic acids is 1. The van der Waals surface area contributed by atoms with E-state index < -0.39 is 17.8 Å². The summed E-state index contributed by atoms with van der Waals surface area (Å²) in [5, 5.41) is 2.75. The van der Waals surface area contributed by atoms with Crippen LogP contribution in [-0.4, -0.2) is 54.6 Å². The lowest BCUT2D eigenvalue weighted by atomic mass is 9.94. The van der Waals surface area contributed by atoms with Crippen molar-refractivity contribution in [2.75, 3.05) is 20.7 Å². The van der Waals surface area contributed by atoms with Crippen LogP contribution in [0.4, 0.5) is 13.2 Å². The van der Waals surface area contributed by atoms with Gasteiger partial charge in [-0.1, -0.05) is 0 Å². The molecule has 1 amide bonds. The molecule has 3 rings (SSSR count). The van der Waals surface area contributed by atoms with E-state index in [0.717, 1.165) is 13.0 Å². The molecule has 0 aromatic carbocycles. The lowest BCUT2D eigenvalue weighted by Gasteiger charge is -2.36. The number of ether oxygens (including phenoxy) is 2. The second kappa shape index (κ2) is 7.92. The fraction of sp³-hybridized carbons (Fsp3) is 0.667. The van der Waals surface area contributed by atoms with Crippen LogP contribution in [0.1, 0.15) is 37.7 Å². The van der Waals surface area contributed by atoms with Crippen LogP contribution in [-0.2, 0) is 11.3 Å². The summed E-state index contributed by atoms with van der Waals surface area (Å²) in [4.78, 5) is 18.0. The van der Waals surface area contributed by atoms with Gasteiger partial charge < -0.3 is 14.8 Å². The average molecular weight is 387 g/mol. The normalized spacial score (nSPS) is 22.8. The van der Waals surface area contributed by atoms with Gasteiger partial charge in [-0.25, -0.2) is 13.2 Å². The first kappa shape index (κ1) is 19.7. The SMILES string of the molecule is COc1nc(OC2CCC(F)(F)CC2)c(F)cc1CNC(=O)[C@@H]1CCN1C. The fourth-order valence-electron chi connectivity index (χ4n) is 3.32. The minimum Gasteiger partial charge on any atom is -0.481 e. The van der Waals surface area contributed by atoms with Crippen molar-refractivity contribution in [1.29, 1.82) is 0 Å². The van der Waals surface area contributed by atoms with Gasteiger partial charge in [0.05, 0.1) is 13.2 Å². The van der Waals surface area contributed by atoms with Crippen LogP contribution in [0.3, 0.4) is 0 Å². The summed E-state index contributed by atoms with van der Waals surface area (Å²) in [7, 11) is 3.25. The lowest BCUT2D eigenvalue weighted by molar-refractivity contribution is -0.129. The molecule has 0 radical (unpaired) electrons. The first-order valence-electron chi connectivity index (χ1n) is 9.05. The van der Waals surface area contributed by atoms with Crippen molar-refractivity contribution in [2.45, 2.75) is 56.7 Å². The molecule has 2 heterocycles. The van der Waals surface area contributed by atoms with Gasteiger partial charge in [0.25, 0.3) is 5.88 Å². The van der Waals surface area contributed by atoms with Gasteiger partial charge >= 0.3 is 0 Å². The maximum atomic E-state index is 14.4. The van der Waals surface area contributed by atoms with Crippen LogP contribution in [0.15, 0.2) is 6.07 Å². The Bertz CT molecular complexity index is 692. The van der Waals surface area contributed by atoms with E-state index in [0.29, 0.717) is 5.56 Å². The summed E-state index contributed by atoms with van der Waals surface area (Å²) in [6, 6.07) is 1.03. The van der Waals surface area contributed by atoms with Gasteiger partial charge in [0, 0.05) is 31.5 Å². The predicted molar refractivity (Wildman–Crippen MR) is 91.5 cm³/mol. The van der Waals surface area contributed by atoms with Gasteiger partial charge in [-0.05, 0) is 32.4 Å². The van der Waals surface area contributed by atoms with Crippen molar-refractivity contribution in [1.82, 2.24) is 15.2 Å². The number of amides is 1. The van der Waals surface area contributed by atoms with Crippen molar-refractivity contribution < 1.29 is 27.4 Å². The smallest absolute Gasteiger partial charge is 0.254 e. The summed E-state index contributed by atoms with van der Waals surface area (Å²) < 4.78 is 51.5. The molecular formula is C18H24F3N3O3. The number of likely N-dealkylation sites (tertiary alicyclic amines) is 1. The molecule has 9 heteroatoms. The molecule has 0 spiro atoms. The van der Waals surface area contributed by atoms with E-state index in [-0.39, 0.29) is 55.9 Å². The molecule has 1 N–H and O–H groups in total. The van der Waals surface area contributed by atoms with Crippen LogP contribution in [0.2, 0.25) is 0 Å². The standard InChI is InChI=1S/C18H24F3N3O3/c1-24-8-5-14(24)15(25)22-10-11-9-13(19)17(23-16(11)26-2)27-12-3-6-18(20,21)7-4-12/h9,12,14H,3-8,10H2,1-2H3,(H,22,25)/t14-/m0/s1. The fourth-order valence-corrected chi connectivity index (χ4v) is 3.32. The Morgan fingerprint density at radius 1 is 1.33 bits per heavy atom. The number of aromatic nitrogens is 1. The summed E-state index contributed by atoms with van der Waals surface area (Å²) in [6.07, 6.45) is 0.00813. The summed E-state index contributed by atoms with van der Waals surface area (Å²) in [5.74, 6) is -3.65. The largest absolute Gasteiger partial charge is 0.481 e. The highest BCUT2D eigenvalue weighted by atomic mass is 19.3. The first-order valence-corrected chi connectivity index (χ1v) is 9.05. The van der Waals surface area contributed by atoms with E-state index in [9.17, 15) is 18.0 Å². The minimum atomic E-state index is -2.68. The van der Waals surface area contributed by atoms with Crippen molar-refractivity contribution >= 4 is 5.91 Å². The molecule has 1 aromatic rings. The van der Waals surface area contributed by atoms with E-state index in [4.69, 9.17) is 9.47 Å². The number of nitrogens with one attached hydrogen (secondary N) is 1. The Balaban J connectivity index is 1.63. The third-order valence-electron chi connectivity index (χ3n) is 5.16. The number of alkyl halides is 2. The maximum Gasteiger partial charge on any atom is 0.254 e. The van der Waals surface area contributed by atoms with Crippen LogP contribution in [0, 0.1) is 5.82 Å². The molecule has 2 aliphatic rings.